The molecule has 0 radical (unpaired) electrons. The zero-order valence-electron chi connectivity index (χ0n) is 11.7. The van der Waals surface area contributed by atoms with Crippen LogP contribution >= 0.6 is 9.03 Å². The van der Waals surface area contributed by atoms with E-state index < -0.39 is 9.03 Å². The van der Waals surface area contributed by atoms with E-state index in [9.17, 15) is 0 Å². The van der Waals surface area contributed by atoms with E-state index in [-0.39, 0.29) is 10.8 Å². The third-order valence-corrected chi connectivity index (χ3v) is 2.59. The van der Waals surface area contributed by atoms with Gasteiger partial charge in [0.15, 0.2) is 0 Å². The quantitative estimate of drug-likeness (QED) is 0.694. The molecule has 3 heteroatoms. The van der Waals surface area contributed by atoms with Gasteiger partial charge in [-0.25, -0.2) is 0 Å². The van der Waals surface area contributed by atoms with Crippen LogP contribution in [0, 0.1) is 0 Å². The fourth-order valence-electron chi connectivity index (χ4n) is 1.45. The van der Waals surface area contributed by atoms with Crippen LogP contribution in [0.4, 0.5) is 0 Å². The normalized spacial score (nSPS) is 11.8. The number of benzene rings is 1. The van der Waals surface area contributed by atoms with Crippen molar-refractivity contribution in [2.45, 2.75) is 52.4 Å². The molecule has 2 N–H and O–H groups in total. The van der Waals surface area contributed by atoms with E-state index in [1.165, 1.54) is 11.1 Å². The fourth-order valence-corrected chi connectivity index (χ4v) is 1.45. The van der Waals surface area contributed by atoms with Crippen LogP contribution in [0.2, 0.25) is 0 Å². The van der Waals surface area contributed by atoms with Gasteiger partial charge >= 0.3 is 0 Å². The van der Waals surface area contributed by atoms with Gasteiger partial charge < -0.3 is 9.79 Å². The van der Waals surface area contributed by atoms with E-state index in [4.69, 9.17) is 9.79 Å². The number of hydrogen-bond donors (Lipinski definition) is 2. The summed E-state index contributed by atoms with van der Waals surface area (Å²) in [7, 11) is -0.917. The smallest absolute Gasteiger partial charge is 0.149 e. The largest absolute Gasteiger partial charge is 0.352 e. The minimum atomic E-state index is -0.917. The van der Waals surface area contributed by atoms with Gasteiger partial charge in [-0.2, -0.15) is 0 Å². The minimum Gasteiger partial charge on any atom is -0.352 e. The third-order valence-electron chi connectivity index (χ3n) is 2.59. The maximum Gasteiger partial charge on any atom is 0.149 e. The van der Waals surface area contributed by atoms with Crippen LogP contribution in [0.25, 0.3) is 0 Å². The number of hydrogen-bond acceptors (Lipinski definition) is 2. The monoisotopic (exact) mass is 256 g/mol. The van der Waals surface area contributed by atoms with Crippen molar-refractivity contribution in [3.05, 3.63) is 35.4 Å². The van der Waals surface area contributed by atoms with Gasteiger partial charge in [0.25, 0.3) is 0 Å². The zero-order valence-corrected chi connectivity index (χ0v) is 12.7. The molecular formula is C14H25O2P. The lowest BCUT2D eigenvalue weighted by molar-refractivity contribution is 0.513. The summed E-state index contributed by atoms with van der Waals surface area (Å²) in [5.74, 6) is 0. The molecule has 0 saturated carbocycles. The second-order valence-electron chi connectivity index (χ2n) is 6.18. The van der Waals surface area contributed by atoms with Crippen LogP contribution in [0.3, 0.4) is 0 Å². The fraction of sp³-hybridized carbons (Fsp3) is 0.571. The first-order valence-corrected chi connectivity index (χ1v) is 6.66. The molecule has 0 bridgehead atoms. The van der Waals surface area contributed by atoms with Crippen LogP contribution in [0.15, 0.2) is 24.3 Å². The molecule has 1 rings (SSSR count). The van der Waals surface area contributed by atoms with Gasteiger partial charge in [-0.1, -0.05) is 65.8 Å². The lowest BCUT2D eigenvalue weighted by atomic mass is 9.81. The first kappa shape index (κ1) is 16.6. The van der Waals surface area contributed by atoms with Crippen LogP contribution in [0.5, 0.6) is 0 Å². The molecule has 0 fully saturated rings. The van der Waals surface area contributed by atoms with E-state index >= 15 is 0 Å². The van der Waals surface area contributed by atoms with Crippen molar-refractivity contribution in [2.24, 2.45) is 0 Å². The molecule has 0 aliphatic carbocycles. The molecule has 0 spiro atoms. The summed E-state index contributed by atoms with van der Waals surface area (Å²) in [5.41, 5.74) is 3.34. The van der Waals surface area contributed by atoms with E-state index in [1.54, 1.807) is 0 Å². The predicted molar refractivity (Wildman–Crippen MR) is 76.6 cm³/mol. The average Bonchev–Trinajstić information content (AvgIpc) is 2.16. The highest BCUT2D eigenvalue weighted by Gasteiger charge is 2.18. The van der Waals surface area contributed by atoms with Gasteiger partial charge in [0.2, 0.25) is 0 Å². The summed E-state index contributed by atoms with van der Waals surface area (Å²) in [6.45, 7) is 13.6. The second-order valence-corrected chi connectivity index (χ2v) is 6.38. The molecule has 0 heterocycles. The molecule has 17 heavy (non-hydrogen) atoms. The van der Waals surface area contributed by atoms with Gasteiger partial charge in [-0.3, -0.25) is 0 Å². The summed E-state index contributed by atoms with van der Waals surface area (Å²) >= 11 is 0. The molecule has 0 aliphatic heterocycles. The SMILES string of the molecule is CC(C)(C)c1cccc(C(C)(C)C)c1.OPO. The van der Waals surface area contributed by atoms with Crippen molar-refractivity contribution >= 4 is 9.03 Å². The lowest BCUT2D eigenvalue weighted by Gasteiger charge is -2.24. The lowest BCUT2D eigenvalue weighted by Crippen LogP contribution is -2.15. The summed E-state index contributed by atoms with van der Waals surface area (Å²) < 4.78 is 0. The van der Waals surface area contributed by atoms with E-state index in [0.717, 1.165) is 0 Å². The van der Waals surface area contributed by atoms with E-state index in [0.29, 0.717) is 0 Å². The Morgan fingerprint density at radius 2 is 1.12 bits per heavy atom. The average molecular weight is 256 g/mol. The molecule has 0 unspecified atom stereocenters. The maximum absolute atomic E-state index is 7.15. The first-order chi connectivity index (χ1) is 7.62. The first-order valence-electron chi connectivity index (χ1n) is 5.77. The van der Waals surface area contributed by atoms with Crippen molar-refractivity contribution in [3.8, 4) is 0 Å². The summed E-state index contributed by atoms with van der Waals surface area (Å²) in [6, 6.07) is 8.94. The van der Waals surface area contributed by atoms with Gasteiger partial charge in [0, 0.05) is 0 Å². The van der Waals surface area contributed by atoms with Crippen LogP contribution < -0.4 is 0 Å². The number of rotatable bonds is 0. The van der Waals surface area contributed by atoms with Crippen molar-refractivity contribution in [3.63, 3.8) is 0 Å². The van der Waals surface area contributed by atoms with Crippen LogP contribution in [-0.2, 0) is 10.8 Å². The Labute approximate surface area is 107 Å². The Morgan fingerprint density at radius 1 is 0.824 bits per heavy atom. The van der Waals surface area contributed by atoms with E-state index in [2.05, 4.69) is 65.8 Å². The molecule has 0 atom stereocenters. The maximum atomic E-state index is 7.15. The second kappa shape index (κ2) is 6.49. The molecule has 2 nitrogen and oxygen atoms in total. The van der Waals surface area contributed by atoms with Gasteiger partial charge in [0.05, 0.1) is 0 Å². The molecule has 1 aromatic rings. The highest BCUT2D eigenvalue weighted by molar-refractivity contribution is 7.23. The van der Waals surface area contributed by atoms with Gasteiger partial charge in [-0.15, -0.1) is 0 Å². The predicted octanol–water partition coefficient (Wildman–Crippen LogP) is 3.76. The molecule has 98 valence electrons. The van der Waals surface area contributed by atoms with Crippen molar-refractivity contribution in [1.82, 2.24) is 0 Å². The standard InChI is InChI=1S/C14H22.H3O2P/c1-13(2,3)11-8-7-9-12(10-11)14(4,5)6;1-3-2/h7-10H,1-6H3;1-3H. The molecule has 0 saturated heterocycles. The Bertz CT molecular complexity index is 306. The van der Waals surface area contributed by atoms with Crippen molar-refractivity contribution < 1.29 is 9.79 Å². The van der Waals surface area contributed by atoms with Gasteiger partial charge in [-0.05, 0) is 22.0 Å². The molecule has 1 aromatic carbocycles. The highest BCUT2D eigenvalue weighted by atomic mass is 31.1. The summed E-state index contributed by atoms with van der Waals surface area (Å²) in [4.78, 5) is 14.3. The molecule has 0 amide bonds. The zero-order chi connectivity index (χ0) is 13.7. The van der Waals surface area contributed by atoms with Crippen molar-refractivity contribution in [2.75, 3.05) is 0 Å². The van der Waals surface area contributed by atoms with Gasteiger partial charge in [0.1, 0.15) is 9.03 Å². The van der Waals surface area contributed by atoms with Crippen LogP contribution in [0.1, 0.15) is 52.7 Å². The minimum absolute atomic E-state index is 0.251. The Hall–Kier alpha value is -0.430. The third kappa shape index (κ3) is 6.16. The Morgan fingerprint density at radius 3 is 1.35 bits per heavy atom. The molecule has 0 aromatic heterocycles. The van der Waals surface area contributed by atoms with Crippen molar-refractivity contribution in [1.29, 1.82) is 0 Å². The Balaban J connectivity index is 0.000000770. The van der Waals surface area contributed by atoms with Crippen LogP contribution in [-0.4, -0.2) is 9.79 Å². The highest BCUT2D eigenvalue weighted by Crippen LogP contribution is 2.28. The molecular weight excluding hydrogens is 231 g/mol. The Kier molecular flexibility index (Phi) is 6.32. The molecule has 0 aliphatic rings. The summed E-state index contributed by atoms with van der Waals surface area (Å²) in [6.07, 6.45) is 0. The van der Waals surface area contributed by atoms with E-state index in [1.807, 2.05) is 0 Å². The summed E-state index contributed by atoms with van der Waals surface area (Å²) in [5, 5.41) is 0. The topological polar surface area (TPSA) is 40.5 Å².